The number of nitrogens with zero attached hydrogens (tertiary/aromatic N) is 1. The summed E-state index contributed by atoms with van der Waals surface area (Å²) in [4.78, 5) is 12.1. The summed E-state index contributed by atoms with van der Waals surface area (Å²) in [5, 5.41) is 2.69. The second kappa shape index (κ2) is 5.86. The number of nitrogens with two attached hydrogens (primary N) is 1. The Morgan fingerprint density at radius 1 is 1.17 bits per heavy atom. The van der Waals surface area contributed by atoms with Gasteiger partial charge in [-0.1, -0.05) is 30.3 Å². The van der Waals surface area contributed by atoms with Crippen molar-refractivity contribution >= 4 is 37.7 Å². The van der Waals surface area contributed by atoms with Crippen LogP contribution in [0.4, 0.5) is 10.5 Å². The molecule has 1 heterocycles. The average Bonchev–Trinajstić information content (AvgIpc) is 2.93. The molecule has 1 fully saturated rings. The first-order chi connectivity index (χ1) is 10.9. The molecule has 2 aromatic carbocycles. The van der Waals surface area contributed by atoms with Crippen molar-refractivity contribution in [2.45, 2.75) is 10.9 Å². The van der Waals surface area contributed by atoms with Crippen LogP contribution in [0.3, 0.4) is 0 Å². The van der Waals surface area contributed by atoms with E-state index in [4.69, 9.17) is 5.73 Å². The maximum absolute atomic E-state index is 12.7. The number of rotatable bonds is 3. The molecule has 0 aromatic heterocycles. The predicted molar refractivity (Wildman–Crippen MR) is 90.2 cm³/mol. The third-order valence-corrected chi connectivity index (χ3v) is 6.07. The van der Waals surface area contributed by atoms with Crippen molar-refractivity contribution in [2.75, 3.05) is 12.3 Å². The first kappa shape index (κ1) is 15.8. The number of carbonyl (C=O) groups excluding carboxylic acids is 1. The SMILES string of the molecule is Nc1ccc(S(=O)(=O)N2C[C@H](c3ccccc3)NC2=O)cc1Br. The van der Waals surface area contributed by atoms with Crippen LogP contribution in [-0.2, 0) is 10.0 Å². The number of urea groups is 1. The van der Waals surface area contributed by atoms with Crippen LogP contribution in [-0.4, -0.2) is 25.3 Å². The van der Waals surface area contributed by atoms with Crippen LogP contribution in [0.25, 0.3) is 0 Å². The predicted octanol–water partition coefficient (Wildman–Crippen LogP) is 2.49. The molecule has 0 bridgehead atoms. The van der Waals surface area contributed by atoms with Gasteiger partial charge in [0.1, 0.15) is 0 Å². The Balaban J connectivity index is 1.91. The van der Waals surface area contributed by atoms with E-state index >= 15 is 0 Å². The summed E-state index contributed by atoms with van der Waals surface area (Å²) < 4.78 is 26.7. The van der Waals surface area contributed by atoms with Gasteiger partial charge in [-0.3, -0.25) is 0 Å². The summed E-state index contributed by atoms with van der Waals surface area (Å²) in [6.45, 7) is 0.0488. The molecule has 0 spiro atoms. The molecule has 0 radical (unpaired) electrons. The number of hydrogen-bond donors (Lipinski definition) is 2. The van der Waals surface area contributed by atoms with Crippen LogP contribution in [0.2, 0.25) is 0 Å². The molecule has 6 nitrogen and oxygen atoms in total. The maximum Gasteiger partial charge on any atom is 0.331 e. The normalized spacial score (nSPS) is 18.0. The molecule has 3 rings (SSSR count). The molecule has 1 atom stereocenters. The average molecular weight is 396 g/mol. The fraction of sp³-hybridized carbons (Fsp3) is 0.133. The minimum atomic E-state index is -3.93. The fourth-order valence-corrected chi connectivity index (χ4v) is 4.30. The third-order valence-electron chi connectivity index (χ3n) is 3.63. The summed E-state index contributed by atoms with van der Waals surface area (Å²) >= 11 is 3.20. The Labute approximate surface area is 142 Å². The van der Waals surface area contributed by atoms with E-state index < -0.39 is 16.1 Å². The summed E-state index contributed by atoms with van der Waals surface area (Å²) in [7, 11) is -3.93. The Morgan fingerprint density at radius 2 is 1.87 bits per heavy atom. The molecule has 0 aliphatic carbocycles. The number of hydrogen-bond acceptors (Lipinski definition) is 4. The van der Waals surface area contributed by atoms with Crippen molar-refractivity contribution in [1.29, 1.82) is 0 Å². The minimum absolute atomic E-state index is 0.0161. The summed E-state index contributed by atoms with van der Waals surface area (Å²) in [6.07, 6.45) is 0. The lowest BCUT2D eigenvalue weighted by Gasteiger charge is -2.16. The molecule has 2 aromatic rings. The number of nitrogens with one attached hydrogen (secondary N) is 1. The van der Waals surface area contributed by atoms with Crippen LogP contribution < -0.4 is 11.1 Å². The molecule has 3 N–H and O–H groups in total. The van der Waals surface area contributed by atoms with Crippen molar-refractivity contribution in [2.24, 2.45) is 0 Å². The Bertz CT molecular complexity index is 856. The van der Waals surface area contributed by atoms with E-state index in [2.05, 4.69) is 21.2 Å². The van der Waals surface area contributed by atoms with Crippen LogP contribution >= 0.6 is 15.9 Å². The summed E-state index contributed by atoms with van der Waals surface area (Å²) in [5.74, 6) is 0. The van der Waals surface area contributed by atoms with Gasteiger partial charge in [0, 0.05) is 10.2 Å². The molecule has 0 saturated carbocycles. The topological polar surface area (TPSA) is 92.5 Å². The monoisotopic (exact) mass is 395 g/mol. The largest absolute Gasteiger partial charge is 0.398 e. The van der Waals surface area contributed by atoms with Gasteiger partial charge in [-0.25, -0.2) is 17.5 Å². The minimum Gasteiger partial charge on any atom is -0.398 e. The standard InChI is InChI=1S/C15H14BrN3O3S/c16-12-8-11(6-7-13(12)17)23(21,22)19-9-14(18-15(19)20)10-4-2-1-3-5-10/h1-8,14H,9,17H2,(H,18,20)/t14-/m1/s1. The van der Waals surface area contributed by atoms with Crippen molar-refractivity contribution in [1.82, 2.24) is 9.62 Å². The lowest BCUT2D eigenvalue weighted by molar-refractivity contribution is 0.235. The molecule has 1 aliphatic heterocycles. The summed E-state index contributed by atoms with van der Waals surface area (Å²) in [5.41, 5.74) is 6.96. The molecular weight excluding hydrogens is 382 g/mol. The van der Waals surface area contributed by atoms with Gasteiger partial charge < -0.3 is 11.1 Å². The van der Waals surface area contributed by atoms with E-state index in [0.717, 1.165) is 9.87 Å². The van der Waals surface area contributed by atoms with Gasteiger partial charge in [0.15, 0.2) is 0 Å². The van der Waals surface area contributed by atoms with E-state index in [9.17, 15) is 13.2 Å². The van der Waals surface area contributed by atoms with Crippen molar-refractivity contribution in [3.05, 3.63) is 58.6 Å². The van der Waals surface area contributed by atoms with Gasteiger partial charge in [-0.2, -0.15) is 0 Å². The molecule has 2 amide bonds. The lowest BCUT2D eigenvalue weighted by atomic mass is 10.1. The number of benzene rings is 2. The van der Waals surface area contributed by atoms with E-state index in [1.165, 1.54) is 18.2 Å². The van der Waals surface area contributed by atoms with Crippen LogP contribution in [0.1, 0.15) is 11.6 Å². The van der Waals surface area contributed by atoms with Gasteiger partial charge in [0.05, 0.1) is 17.5 Å². The zero-order chi connectivity index (χ0) is 16.6. The number of carbonyl (C=O) groups is 1. The number of halogens is 1. The number of nitrogen functional groups attached to an aromatic ring is 1. The molecule has 23 heavy (non-hydrogen) atoms. The van der Waals surface area contributed by atoms with Crippen molar-refractivity contribution < 1.29 is 13.2 Å². The number of sulfonamides is 1. The maximum atomic E-state index is 12.7. The molecule has 1 saturated heterocycles. The highest BCUT2D eigenvalue weighted by Gasteiger charge is 2.38. The van der Waals surface area contributed by atoms with Crippen LogP contribution in [0, 0.1) is 0 Å². The van der Waals surface area contributed by atoms with Gasteiger partial charge in [0.2, 0.25) is 0 Å². The zero-order valence-corrected chi connectivity index (χ0v) is 14.3. The zero-order valence-electron chi connectivity index (χ0n) is 11.9. The number of amides is 2. The number of anilines is 1. The second-order valence-electron chi connectivity index (χ2n) is 5.13. The van der Waals surface area contributed by atoms with E-state index in [1.54, 1.807) is 0 Å². The van der Waals surface area contributed by atoms with Crippen LogP contribution in [0.15, 0.2) is 57.9 Å². The van der Waals surface area contributed by atoms with Gasteiger partial charge >= 0.3 is 6.03 Å². The van der Waals surface area contributed by atoms with Crippen molar-refractivity contribution in [3.63, 3.8) is 0 Å². The van der Waals surface area contributed by atoms with Crippen LogP contribution in [0.5, 0.6) is 0 Å². The Morgan fingerprint density at radius 3 is 2.52 bits per heavy atom. The smallest absolute Gasteiger partial charge is 0.331 e. The van der Waals surface area contributed by atoms with E-state index in [1.807, 2.05) is 30.3 Å². The van der Waals surface area contributed by atoms with Gasteiger partial charge in [-0.15, -0.1) is 0 Å². The highest BCUT2D eigenvalue weighted by Crippen LogP contribution is 2.29. The first-order valence-corrected chi connectivity index (χ1v) is 9.06. The lowest BCUT2D eigenvalue weighted by Crippen LogP contribution is -2.34. The highest BCUT2D eigenvalue weighted by atomic mass is 79.9. The summed E-state index contributed by atoms with van der Waals surface area (Å²) in [6, 6.07) is 12.5. The van der Waals surface area contributed by atoms with Gasteiger partial charge in [0.25, 0.3) is 10.0 Å². The Kier molecular flexibility index (Phi) is 4.03. The molecular formula is C15H14BrN3O3S. The quantitative estimate of drug-likeness (QED) is 0.780. The van der Waals surface area contributed by atoms with Gasteiger partial charge in [-0.05, 0) is 39.7 Å². The highest BCUT2D eigenvalue weighted by molar-refractivity contribution is 9.10. The Hall–Kier alpha value is -2.06. The fourth-order valence-electron chi connectivity index (χ4n) is 2.39. The molecule has 8 heteroatoms. The van der Waals surface area contributed by atoms with E-state index in [-0.39, 0.29) is 17.5 Å². The molecule has 1 aliphatic rings. The third kappa shape index (κ3) is 2.91. The van der Waals surface area contributed by atoms with E-state index in [0.29, 0.717) is 10.2 Å². The first-order valence-electron chi connectivity index (χ1n) is 6.83. The van der Waals surface area contributed by atoms with Crippen molar-refractivity contribution in [3.8, 4) is 0 Å². The molecule has 120 valence electrons. The second-order valence-corrected chi connectivity index (χ2v) is 7.85. The molecule has 0 unspecified atom stereocenters.